The summed E-state index contributed by atoms with van der Waals surface area (Å²) < 4.78 is 2.27. The first-order valence-electron chi connectivity index (χ1n) is 9.66. The van der Waals surface area contributed by atoms with Crippen LogP contribution in [0.25, 0.3) is 0 Å². The molecule has 3 nitrogen and oxygen atoms in total. The number of aliphatic hydroxyl groups excluding tert-OH is 1. The van der Waals surface area contributed by atoms with E-state index in [1.807, 2.05) is 30.7 Å². The highest BCUT2D eigenvalue weighted by atomic mass is 16.2. The first-order valence-corrected chi connectivity index (χ1v) is 9.66. The van der Waals surface area contributed by atoms with Crippen molar-refractivity contribution in [3.05, 3.63) is 126 Å². The summed E-state index contributed by atoms with van der Waals surface area (Å²) >= 11 is 0. The Morgan fingerprint density at radius 1 is 0.714 bits per heavy atom. The Kier molecular flexibility index (Phi) is 5.36. The molecule has 0 saturated heterocycles. The Morgan fingerprint density at radius 3 is 1.61 bits per heavy atom. The van der Waals surface area contributed by atoms with Crippen LogP contribution in [0, 0.1) is 0 Å². The summed E-state index contributed by atoms with van der Waals surface area (Å²) in [4.78, 5) is 4.50. The molecule has 140 valence electrons. The van der Waals surface area contributed by atoms with Gasteiger partial charge in [-0.15, -0.1) is 0 Å². The lowest BCUT2D eigenvalue weighted by atomic mass is 9.76. The molecule has 1 heterocycles. The molecule has 3 aromatic carbocycles. The van der Waals surface area contributed by atoms with Crippen LogP contribution in [0.1, 0.15) is 28.8 Å². The highest BCUT2D eigenvalue weighted by Crippen LogP contribution is 2.41. The average molecular weight is 368 g/mol. The van der Waals surface area contributed by atoms with Gasteiger partial charge in [0, 0.05) is 18.5 Å². The highest BCUT2D eigenvalue weighted by Gasteiger charge is 2.39. The van der Waals surface area contributed by atoms with Gasteiger partial charge in [0.1, 0.15) is 5.54 Å². The van der Waals surface area contributed by atoms with Crippen molar-refractivity contribution in [2.45, 2.75) is 18.4 Å². The van der Waals surface area contributed by atoms with Crippen LogP contribution in [-0.2, 0) is 12.0 Å². The van der Waals surface area contributed by atoms with Crippen LogP contribution >= 0.6 is 0 Å². The fraction of sp³-hybridized carbons (Fsp3) is 0.160. The van der Waals surface area contributed by atoms with Gasteiger partial charge in [0.15, 0.2) is 0 Å². The first kappa shape index (κ1) is 18.2. The van der Waals surface area contributed by atoms with E-state index < -0.39 is 5.54 Å². The maximum atomic E-state index is 9.38. The van der Waals surface area contributed by atoms with Crippen LogP contribution in [0.3, 0.4) is 0 Å². The molecule has 0 aliphatic carbocycles. The Balaban J connectivity index is 2.07. The molecule has 0 unspecified atom stereocenters. The maximum absolute atomic E-state index is 9.38. The van der Waals surface area contributed by atoms with Gasteiger partial charge in [-0.05, 0) is 29.5 Å². The minimum atomic E-state index is -0.537. The van der Waals surface area contributed by atoms with Crippen molar-refractivity contribution in [2.24, 2.45) is 0 Å². The van der Waals surface area contributed by atoms with Gasteiger partial charge in [0.2, 0.25) is 0 Å². The van der Waals surface area contributed by atoms with Crippen molar-refractivity contribution in [1.29, 1.82) is 0 Å². The molecule has 0 radical (unpaired) electrons. The monoisotopic (exact) mass is 368 g/mol. The third-order valence-corrected chi connectivity index (χ3v) is 5.24. The van der Waals surface area contributed by atoms with Gasteiger partial charge >= 0.3 is 0 Å². The van der Waals surface area contributed by atoms with E-state index >= 15 is 0 Å². The Bertz CT molecular complexity index is 898. The molecule has 0 atom stereocenters. The number of benzene rings is 3. The Labute approximate surface area is 165 Å². The second kappa shape index (κ2) is 8.24. The van der Waals surface area contributed by atoms with Crippen molar-refractivity contribution in [2.75, 3.05) is 6.61 Å². The second-order valence-corrected chi connectivity index (χ2v) is 6.89. The van der Waals surface area contributed by atoms with Crippen molar-refractivity contribution >= 4 is 0 Å². The molecule has 0 fully saturated rings. The number of rotatable bonds is 7. The smallest absolute Gasteiger partial charge is 0.121 e. The van der Waals surface area contributed by atoms with Gasteiger partial charge in [0.25, 0.3) is 0 Å². The lowest BCUT2D eigenvalue weighted by Gasteiger charge is -2.38. The zero-order valence-electron chi connectivity index (χ0n) is 15.8. The van der Waals surface area contributed by atoms with E-state index in [0.717, 1.165) is 12.1 Å². The van der Waals surface area contributed by atoms with E-state index in [1.54, 1.807) is 0 Å². The molecule has 0 aliphatic rings. The molecular weight excluding hydrogens is 344 g/mol. The van der Waals surface area contributed by atoms with Crippen LogP contribution in [0.5, 0.6) is 0 Å². The number of aliphatic hydroxyl groups is 1. The predicted octanol–water partition coefficient (Wildman–Crippen LogP) is 4.65. The minimum Gasteiger partial charge on any atom is -0.396 e. The number of imidazole rings is 1. The molecule has 0 spiro atoms. The fourth-order valence-electron chi connectivity index (χ4n) is 4.02. The van der Waals surface area contributed by atoms with E-state index in [4.69, 9.17) is 0 Å². The van der Waals surface area contributed by atoms with Crippen LogP contribution in [0.15, 0.2) is 104 Å². The topological polar surface area (TPSA) is 38.1 Å². The number of hydrogen-bond acceptors (Lipinski definition) is 2. The van der Waals surface area contributed by atoms with Gasteiger partial charge in [-0.2, -0.15) is 0 Å². The minimum absolute atomic E-state index is 0.167. The third-order valence-electron chi connectivity index (χ3n) is 5.24. The number of aryl methyl sites for hydroxylation is 1. The van der Waals surface area contributed by atoms with Gasteiger partial charge in [-0.25, -0.2) is 4.98 Å². The summed E-state index contributed by atoms with van der Waals surface area (Å²) in [6.45, 7) is 0.167. The number of nitrogens with zero attached hydrogens (tertiary/aromatic N) is 2. The van der Waals surface area contributed by atoms with E-state index in [1.165, 1.54) is 16.7 Å². The molecule has 0 bridgehead atoms. The molecule has 0 aliphatic heterocycles. The predicted molar refractivity (Wildman–Crippen MR) is 112 cm³/mol. The molecular formula is C25H24N2O. The molecule has 0 amide bonds. The van der Waals surface area contributed by atoms with Crippen LogP contribution in [0.2, 0.25) is 0 Å². The highest BCUT2D eigenvalue weighted by molar-refractivity contribution is 5.51. The molecule has 4 rings (SSSR count). The summed E-state index contributed by atoms with van der Waals surface area (Å²) in [5.41, 5.74) is 4.10. The van der Waals surface area contributed by atoms with Gasteiger partial charge in [-0.1, -0.05) is 91.0 Å². The van der Waals surface area contributed by atoms with Crippen molar-refractivity contribution in [3.63, 3.8) is 0 Å². The third kappa shape index (κ3) is 3.14. The van der Waals surface area contributed by atoms with E-state index in [2.05, 4.69) is 82.3 Å². The second-order valence-electron chi connectivity index (χ2n) is 6.89. The van der Waals surface area contributed by atoms with Crippen molar-refractivity contribution < 1.29 is 5.11 Å². The molecule has 4 aromatic rings. The molecule has 0 saturated carbocycles. The zero-order valence-corrected chi connectivity index (χ0v) is 15.8. The van der Waals surface area contributed by atoms with Crippen LogP contribution in [-0.4, -0.2) is 21.3 Å². The summed E-state index contributed by atoms with van der Waals surface area (Å²) in [5.74, 6) is 0. The molecule has 1 N–H and O–H groups in total. The van der Waals surface area contributed by atoms with Crippen molar-refractivity contribution in [3.8, 4) is 0 Å². The Morgan fingerprint density at radius 2 is 1.18 bits per heavy atom. The standard InChI is InChI=1S/C25H24N2O/c28-18-10-17-24-19-26-20-27(24)25(21-11-4-1-5-12-21,22-13-6-2-7-14-22)23-15-8-3-9-16-23/h1-9,11-16,19-20,28H,10,17-18H2. The van der Waals surface area contributed by atoms with Gasteiger partial charge < -0.3 is 9.67 Å². The maximum Gasteiger partial charge on any atom is 0.121 e. The quantitative estimate of drug-likeness (QED) is 0.482. The largest absolute Gasteiger partial charge is 0.396 e. The van der Waals surface area contributed by atoms with Gasteiger partial charge in [0.05, 0.1) is 6.33 Å². The Hall–Kier alpha value is -3.17. The molecule has 1 aromatic heterocycles. The normalized spacial score (nSPS) is 11.5. The lowest BCUT2D eigenvalue weighted by molar-refractivity contribution is 0.286. The molecule has 28 heavy (non-hydrogen) atoms. The first-order chi connectivity index (χ1) is 13.9. The lowest BCUT2D eigenvalue weighted by Crippen LogP contribution is -2.38. The van der Waals surface area contributed by atoms with Crippen LogP contribution in [0.4, 0.5) is 0 Å². The van der Waals surface area contributed by atoms with Gasteiger partial charge in [-0.3, -0.25) is 0 Å². The number of aromatic nitrogens is 2. The molecule has 3 heteroatoms. The average Bonchev–Trinajstić information content (AvgIpc) is 3.24. The summed E-state index contributed by atoms with van der Waals surface area (Å²) in [6.07, 6.45) is 5.31. The van der Waals surface area contributed by atoms with Crippen LogP contribution < -0.4 is 0 Å². The van der Waals surface area contributed by atoms with E-state index in [-0.39, 0.29) is 6.61 Å². The van der Waals surface area contributed by atoms with Crippen molar-refractivity contribution in [1.82, 2.24) is 9.55 Å². The van der Waals surface area contributed by atoms with E-state index in [9.17, 15) is 5.11 Å². The SMILES string of the molecule is OCCCc1cncn1C(c1ccccc1)(c1ccccc1)c1ccccc1. The fourth-order valence-corrected chi connectivity index (χ4v) is 4.02. The zero-order chi connectivity index (χ0) is 19.2. The van der Waals surface area contributed by atoms with E-state index in [0.29, 0.717) is 6.42 Å². The summed E-state index contributed by atoms with van der Waals surface area (Å²) in [7, 11) is 0. The summed E-state index contributed by atoms with van der Waals surface area (Å²) in [6, 6.07) is 31.7. The summed E-state index contributed by atoms with van der Waals surface area (Å²) in [5, 5.41) is 9.38. The number of hydrogen-bond donors (Lipinski definition) is 1.